The minimum atomic E-state index is -3.96. The Hall–Kier alpha value is -2.93. The van der Waals surface area contributed by atoms with Crippen LogP contribution in [0.2, 0.25) is 5.02 Å². The van der Waals surface area contributed by atoms with Gasteiger partial charge in [-0.1, -0.05) is 11.6 Å². The Bertz CT molecular complexity index is 1250. The first-order valence-electron chi connectivity index (χ1n) is 11.2. The molecule has 36 heavy (non-hydrogen) atoms. The van der Waals surface area contributed by atoms with Gasteiger partial charge >= 0.3 is 17.9 Å². The van der Waals surface area contributed by atoms with Crippen LogP contribution in [0.15, 0.2) is 23.1 Å². The van der Waals surface area contributed by atoms with Gasteiger partial charge in [0.25, 0.3) is 0 Å². The second-order valence-corrected chi connectivity index (χ2v) is 9.97. The van der Waals surface area contributed by atoms with Crippen molar-refractivity contribution in [2.24, 2.45) is 0 Å². The average Bonchev–Trinajstić information content (AvgIpc) is 3.19. The zero-order valence-corrected chi connectivity index (χ0v) is 21.7. The Morgan fingerprint density at radius 3 is 2.31 bits per heavy atom. The van der Waals surface area contributed by atoms with Crippen LogP contribution in [-0.4, -0.2) is 75.1 Å². The van der Waals surface area contributed by atoms with Crippen molar-refractivity contribution in [3.63, 3.8) is 0 Å². The van der Waals surface area contributed by atoms with E-state index in [4.69, 9.17) is 30.5 Å². The number of benzene rings is 1. The summed E-state index contributed by atoms with van der Waals surface area (Å²) in [5.41, 5.74) is 0.467. The van der Waals surface area contributed by atoms with Crippen LogP contribution in [0.4, 0.5) is 0 Å². The van der Waals surface area contributed by atoms with Gasteiger partial charge in [0.1, 0.15) is 17.2 Å². The molecule has 196 valence electrons. The van der Waals surface area contributed by atoms with Gasteiger partial charge in [0.2, 0.25) is 10.0 Å². The fourth-order valence-electron chi connectivity index (χ4n) is 3.63. The van der Waals surface area contributed by atoms with Gasteiger partial charge < -0.3 is 23.9 Å². The van der Waals surface area contributed by atoms with E-state index in [9.17, 15) is 22.8 Å². The zero-order chi connectivity index (χ0) is 26.5. The van der Waals surface area contributed by atoms with Gasteiger partial charge in [-0.3, -0.25) is 0 Å². The van der Waals surface area contributed by atoms with Crippen LogP contribution in [0, 0.1) is 6.92 Å². The van der Waals surface area contributed by atoms with Crippen LogP contribution in [0.1, 0.15) is 56.3 Å². The number of halogens is 1. The van der Waals surface area contributed by atoms with Crippen molar-refractivity contribution in [3.05, 3.63) is 51.3 Å². The predicted molar refractivity (Wildman–Crippen MR) is 128 cm³/mol. The molecule has 0 amide bonds. The van der Waals surface area contributed by atoms with Crippen molar-refractivity contribution in [3.8, 4) is 0 Å². The number of nitrogens with one attached hydrogen (secondary N) is 1. The van der Waals surface area contributed by atoms with Crippen molar-refractivity contribution >= 4 is 39.5 Å². The number of rotatable bonds is 9. The van der Waals surface area contributed by atoms with E-state index in [0.29, 0.717) is 5.56 Å². The van der Waals surface area contributed by atoms with Gasteiger partial charge in [0.05, 0.1) is 48.3 Å². The Morgan fingerprint density at radius 2 is 1.67 bits per heavy atom. The van der Waals surface area contributed by atoms with Gasteiger partial charge in [-0.15, -0.1) is 0 Å². The number of H-pyrrole nitrogens is 1. The lowest BCUT2D eigenvalue weighted by molar-refractivity contribution is 0.0445. The highest BCUT2D eigenvalue weighted by Crippen LogP contribution is 2.27. The van der Waals surface area contributed by atoms with Crippen molar-refractivity contribution in [1.29, 1.82) is 0 Å². The van der Waals surface area contributed by atoms with Gasteiger partial charge in [-0.2, -0.15) is 4.31 Å². The van der Waals surface area contributed by atoms with E-state index < -0.39 is 34.5 Å². The van der Waals surface area contributed by atoms with Crippen molar-refractivity contribution in [2.75, 3.05) is 39.5 Å². The topological polar surface area (TPSA) is 141 Å². The third-order valence-electron chi connectivity index (χ3n) is 5.39. The zero-order valence-electron chi connectivity index (χ0n) is 20.1. The molecule has 1 aromatic heterocycles. The second-order valence-electron chi connectivity index (χ2n) is 7.66. The summed E-state index contributed by atoms with van der Waals surface area (Å²) in [4.78, 5) is 40.1. The maximum absolute atomic E-state index is 13.0. The maximum atomic E-state index is 13.0. The van der Waals surface area contributed by atoms with E-state index in [-0.39, 0.29) is 71.9 Å². The highest BCUT2D eigenvalue weighted by Gasteiger charge is 2.30. The largest absolute Gasteiger partial charge is 0.462 e. The number of ether oxygens (including phenoxy) is 4. The molecule has 1 fully saturated rings. The standard InChI is InChI=1S/C23H27ClN2O9S/c1-4-33-22(28)19-14(3)20(23(29)34-5-2)25-17(19)13-35-21(27)15-6-7-16(24)18(12-15)36(30,31)26-8-10-32-11-9-26/h6-7,12,25H,4-5,8-11,13H2,1-3H3. The summed E-state index contributed by atoms with van der Waals surface area (Å²) in [6.45, 7) is 5.47. The molecular formula is C23H27ClN2O9S. The van der Waals surface area contributed by atoms with Gasteiger partial charge in [-0.25, -0.2) is 22.8 Å². The molecule has 3 rings (SSSR count). The lowest BCUT2D eigenvalue weighted by atomic mass is 10.1. The Labute approximate surface area is 213 Å². The van der Waals surface area contributed by atoms with E-state index in [0.717, 1.165) is 6.07 Å². The fraction of sp³-hybridized carbons (Fsp3) is 0.435. The van der Waals surface area contributed by atoms with Gasteiger partial charge in [0, 0.05) is 13.1 Å². The molecule has 1 aliphatic heterocycles. The molecule has 1 aromatic carbocycles. The lowest BCUT2D eigenvalue weighted by Crippen LogP contribution is -2.40. The fourth-order valence-corrected chi connectivity index (χ4v) is 5.54. The summed E-state index contributed by atoms with van der Waals surface area (Å²) >= 11 is 6.15. The van der Waals surface area contributed by atoms with Gasteiger partial charge in [0.15, 0.2) is 0 Å². The summed E-state index contributed by atoms with van der Waals surface area (Å²) in [7, 11) is -3.96. The van der Waals surface area contributed by atoms with Crippen LogP contribution in [0.25, 0.3) is 0 Å². The molecule has 1 aliphatic rings. The summed E-state index contributed by atoms with van der Waals surface area (Å²) in [6.07, 6.45) is 0. The van der Waals surface area contributed by atoms with Crippen LogP contribution in [-0.2, 0) is 35.6 Å². The molecule has 1 N–H and O–H groups in total. The maximum Gasteiger partial charge on any atom is 0.355 e. The number of hydrogen-bond acceptors (Lipinski definition) is 9. The molecule has 0 atom stereocenters. The van der Waals surface area contributed by atoms with E-state index in [1.54, 1.807) is 20.8 Å². The Balaban J connectivity index is 1.85. The quantitative estimate of drug-likeness (QED) is 0.374. The number of sulfonamides is 1. The average molecular weight is 543 g/mol. The molecule has 0 spiro atoms. The molecule has 0 unspecified atom stereocenters. The number of carbonyl (C=O) groups excluding carboxylic acids is 3. The van der Waals surface area contributed by atoms with Crippen molar-refractivity contribution in [2.45, 2.75) is 32.3 Å². The third kappa shape index (κ3) is 5.89. The summed E-state index contributed by atoms with van der Waals surface area (Å²) in [5.74, 6) is -2.23. The summed E-state index contributed by atoms with van der Waals surface area (Å²) < 4.78 is 47.9. The molecule has 2 aromatic rings. The molecular weight excluding hydrogens is 516 g/mol. The normalized spacial score (nSPS) is 14.3. The first-order valence-corrected chi connectivity index (χ1v) is 13.0. The number of esters is 3. The number of carbonyl (C=O) groups is 3. The van der Waals surface area contributed by atoms with Crippen LogP contribution in [0.5, 0.6) is 0 Å². The van der Waals surface area contributed by atoms with Crippen molar-refractivity contribution < 1.29 is 41.7 Å². The van der Waals surface area contributed by atoms with Crippen LogP contribution in [0.3, 0.4) is 0 Å². The number of morpholine rings is 1. The minimum absolute atomic E-state index is 0.0383. The number of aromatic nitrogens is 1. The first-order chi connectivity index (χ1) is 17.1. The molecule has 1 saturated heterocycles. The van der Waals surface area contributed by atoms with Crippen LogP contribution < -0.4 is 0 Å². The molecule has 11 nitrogen and oxygen atoms in total. The number of aromatic amines is 1. The lowest BCUT2D eigenvalue weighted by Gasteiger charge is -2.26. The summed E-state index contributed by atoms with van der Waals surface area (Å²) in [5, 5.41) is -0.0401. The molecule has 0 aliphatic carbocycles. The molecule has 2 heterocycles. The Morgan fingerprint density at radius 1 is 1.03 bits per heavy atom. The smallest absolute Gasteiger partial charge is 0.355 e. The van der Waals surface area contributed by atoms with Gasteiger partial charge in [-0.05, 0) is 44.5 Å². The third-order valence-corrected chi connectivity index (χ3v) is 7.77. The van der Waals surface area contributed by atoms with E-state index >= 15 is 0 Å². The highest BCUT2D eigenvalue weighted by molar-refractivity contribution is 7.89. The summed E-state index contributed by atoms with van der Waals surface area (Å²) in [6, 6.07) is 3.78. The monoisotopic (exact) mass is 542 g/mol. The minimum Gasteiger partial charge on any atom is -0.462 e. The van der Waals surface area contributed by atoms with E-state index in [1.807, 2.05) is 0 Å². The SMILES string of the molecule is CCOC(=O)c1[nH]c(COC(=O)c2ccc(Cl)c(S(=O)(=O)N3CCOCC3)c2)c(C(=O)OCC)c1C. The molecule has 0 saturated carbocycles. The Kier molecular flexibility index (Phi) is 9.12. The predicted octanol–water partition coefficient (Wildman–Crippen LogP) is 2.71. The first kappa shape index (κ1) is 27.7. The van der Waals surface area contributed by atoms with E-state index in [2.05, 4.69) is 4.98 Å². The molecule has 13 heteroatoms. The highest BCUT2D eigenvalue weighted by atomic mass is 35.5. The molecule has 0 bridgehead atoms. The number of hydrogen-bond donors (Lipinski definition) is 1. The molecule has 0 radical (unpaired) electrons. The number of nitrogens with zero attached hydrogens (tertiary/aromatic N) is 1. The van der Waals surface area contributed by atoms with Crippen LogP contribution >= 0.6 is 11.6 Å². The van der Waals surface area contributed by atoms with Crippen molar-refractivity contribution in [1.82, 2.24) is 9.29 Å². The second kappa shape index (κ2) is 11.9. The van der Waals surface area contributed by atoms with E-state index in [1.165, 1.54) is 16.4 Å².